The maximum absolute atomic E-state index is 12.8. The standard InChI is InChI=1S/C15H13BrN2O3S.Na.H/c1-10-3-5-11(6-4-10)22(20,21)18-8-7-12-13(16)9-17(2)15(19)14(12)18;;/h3-9H,1-2H3;;/q;+1;-1. The Labute approximate surface area is 165 Å². The van der Waals surface area contributed by atoms with E-state index >= 15 is 0 Å². The van der Waals surface area contributed by atoms with E-state index in [2.05, 4.69) is 15.9 Å². The molecule has 0 amide bonds. The van der Waals surface area contributed by atoms with E-state index in [9.17, 15) is 13.2 Å². The first kappa shape index (κ1) is 18.5. The molecule has 2 heterocycles. The molecular formula is C15H14BrN2NaO3S. The van der Waals surface area contributed by atoms with Crippen molar-refractivity contribution < 1.29 is 39.4 Å². The number of pyridine rings is 1. The van der Waals surface area contributed by atoms with Crippen molar-refractivity contribution >= 4 is 36.9 Å². The van der Waals surface area contributed by atoms with Crippen molar-refractivity contribution in [3.8, 4) is 0 Å². The molecule has 0 saturated heterocycles. The summed E-state index contributed by atoms with van der Waals surface area (Å²) < 4.78 is 28.7. The quantitative estimate of drug-likeness (QED) is 0.554. The average Bonchev–Trinajstić information content (AvgIpc) is 2.91. The summed E-state index contributed by atoms with van der Waals surface area (Å²) in [4.78, 5) is 12.5. The molecule has 2 aromatic heterocycles. The van der Waals surface area contributed by atoms with Crippen molar-refractivity contribution in [1.29, 1.82) is 0 Å². The fraction of sp³-hybridized carbons (Fsp3) is 0.133. The van der Waals surface area contributed by atoms with E-state index < -0.39 is 10.0 Å². The van der Waals surface area contributed by atoms with Gasteiger partial charge in [-0.2, -0.15) is 0 Å². The number of aromatic nitrogens is 2. The molecule has 8 heteroatoms. The SMILES string of the molecule is Cc1ccc(S(=O)(=O)n2ccc3c(Br)cn(C)c(=O)c32)cc1.[H-].[Na+]. The molecule has 3 rings (SSSR count). The second-order valence-corrected chi connectivity index (χ2v) is 7.75. The molecule has 0 bridgehead atoms. The number of hydrogen-bond acceptors (Lipinski definition) is 3. The minimum atomic E-state index is -3.81. The van der Waals surface area contributed by atoms with Gasteiger partial charge in [-0.05, 0) is 41.1 Å². The Bertz CT molecular complexity index is 1040. The normalized spacial score (nSPS) is 11.4. The minimum absolute atomic E-state index is 0. The molecule has 0 fully saturated rings. The van der Waals surface area contributed by atoms with Gasteiger partial charge >= 0.3 is 29.6 Å². The van der Waals surface area contributed by atoms with Gasteiger partial charge in [-0.3, -0.25) is 4.79 Å². The molecule has 23 heavy (non-hydrogen) atoms. The molecule has 0 aliphatic carbocycles. The molecule has 0 radical (unpaired) electrons. The number of aryl methyl sites for hydroxylation is 2. The van der Waals surface area contributed by atoms with Gasteiger partial charge in [-0.25, -0.2) is 12.4 Å². The topological polar surface area (TPSA) is 61.1 Å². The zero-order chi connectivity index (χ0) is 16.1. The summed E-state index contributed by atoms with van der Waals surface area (Å²) in [6.45, 7) is 1.88. The number of nitrogens with zero attached hydrogens (tertiary/aromatic N) is 2. The molecule has 0 spiro atoms. The predicted octanol–water partition coefficient (Wildman–Crippen LogP) is -0.236. The van der Waals surface area contributed by atoms with Gasteiger partial charge in [0, 0.05) is 29.3 Å². The minimum Gasteiger partial charge on any atom is -1.00 e. The van der Waals surface area contributed by atoms with Crippen LogP contribution in [0.25, 0.3) is 10.9 Å². The third-order valence-corrected chi connectivity index (χ3v) is 5.84. The molecule has 0 aliphatic heterocycles. The third-order valence-electron chi connectivity index (χ3n) is 3.52. The second kappa shape index (κ2) is 6.57. The van der Waals surface area contributed by atoms with Crippen LogP contribution >= 0.6 is 15.9 Å². The molecule has 0 unspecified atom stereocenters. The van der Waals surface area contributed by atoms with Crippen molar-refractivity contribution in [2.45, 2.75) is 11.8 Å². The molecule has 0 aliphatic rings. The van der Waals surface area contributed by atoms with Gasteiger partial charge in [-0.15, -0.1) is 0 Å². The van der Waals surface area contributed by atoms with Gasteiger partial charge in [-0.1, -0.05) is 17.7 Å². The summed E-state index contributed by atoms with van der Waals surface area (Å²) in [5.74, 6) is 0. The van der Waals surface area contributed by atoms with E-state index in [1.807, 2.05) is 6.92 Å². The first-order valence-electron chi connectivity index (χ1n) is 6.51. The summed E-state index contributed by atoms with van der Waals surface area (Å²) in [5.41, 5.74) is 0.742. The van der Waals surface area contributed by atoms with Crippen LogP contribution in [0.15, 0.2) is 56.9 Å². The Balaban J connectivity index is 0.00000144. The summed E-state index contributed by atoms with van der Waals surface area (Å²) in [7, 11) is -2.23. The monoisotopic (exact) mass is 404 g/mol. The van der Waals surface area contributed by atoms with Gasteiger partial charge in [0.1, 0.15) is 5.52 Å². The van der Waals surface area contributed by atoms with Crippen LogP contribution in [0.1, 0.15) is 6.99 Å². The Morgan fingerprint density at radius 3 is 2.35 bits per heavy atom. The Morgan fingerprint density at radius 2 is 1.74 bits per heavy atom. The number of fused-ring (bicyclic) bond motifs is 1. The molecular weight excluding hydrogens is 391 g/mol. The van der Waals surface area contributed by atoms with Crippen LogP contribution in [0.4, 0.5) is 0 Å². The zero-order valence-electron chi connectivity index (χ0n) is 13.9. The van der Waals surface area contributed by atoms with Crippen LogP contribution in [0.5, 0.6) is 0 Å². The van der Waals surface area contributed by atoms with E-state index in [1.165, 1.54) is 10.8 Å². The predicted molar refractivity (Wildman–Crippen MR) is 89.8 cm³/mol. The molecule has 1 aromatic carbocycles. The Hall–Kier alpha value is -0.860. The molecule has 3 aromatic rings. The molecule has 116 valence electrons. The van der Waals surface area contributed by atoms with Crippen LogP contribution in [0.3, 0.4) is 0 Å². The van der Waals surface area contributed by atoms with E-state index in [-0.39, 0.29) is 47.0 Å². The van der Waals surface area contributed by atoms with Gasteiger partial charge < -0.3 is 5.99 Å². The maximum atomic E-state index is 12.8. The smallest absolute Gasteiger partial charge is 1.00 e. The van der Waals surface area contributed by atoms with Crippen LogP contribution in [-0.2, 0) is 17.1 Å². The molecule has 0 N–H and O–H groups in total. The van der Waals surface area contributed by atoms with Crippen molar-refractivity contribution in [2.75, 3.05) is 0 Å². The third kappa shape index (κ3) is 3.08. The van der Waals surface area contributed by atoms with Crippen molar-refractivity contribution in [1.82, 2.24) is 8.54 Å². The van der Waals surface area contributed by atoms with E-state index in [1.54, 1.807) is 43.6 Å². The summed E-state index contributed by atoms with van der Waals surface area (Å²) >= 11 is 3.36. The van der Waals surface area contributed by atoms with Crippen molar-refractivity contribution in [3.05, 3.63) is 63.1 Å². The summed E-state index contributed by atoms with van der Waals surface area (Å²) in [5, 5.41) is 0.568. The maximum Gasteiger partial charge on any atom is 1.00 e. The number of rotatable bonds is 2. The van der Waals surface area contributed by atoms with E-state index in [0.717, 1.165) is 9.54 Å². The van der Waals surface area contributed by atoms with Crippen molar-refractivity contribution in [3.63, 3.8) is 0 Å². The number of halogens is 1. The van der Waals surface area contributed by atoms with Crippen LogP contribution < -0.4 is 35.1 Å². The zero-order valence-corrected chi connectivity index (χ0v) is 17.3. The average molecular weight is 405 g/mol. The molecule has 0 saturated carbocycles. The van der Waals surface area contributed by atoms with Gasteiger partial charge in [0.25, 0.3) is 15.6 Å². The van der Waals surface area contributed by atoms with Gasteiger partial charge in [0.15, 0.2) is 0 Å². The fourth-order valence-corrected chi connectivity index (χ4v) is 4.28. The largest absolute Gasteiger partial charge is 1.00 e. The second-order valence-electron chi connectivity index (χ2n) is 5.09. The van der Waals surface area contributed by atoms with Gasteiger partial charge in [0.2, 0.25) is 0 Å². The van der Waals surface area contributed by atoms with Crippen LogP contribution in [-0.4, -0.2) is 17.0 Å². The Kier molecular flexibility index (Phi) is 5.27. The van der Waals surface area contributed by atoms with E-state index in [4.69, 9.17) is 0 Å². The van der Waals surface area contributed by atoms with Crippen molar-refractivity contribution in [2.24, 2.45) is 7.05 Å². The summed E-state index contributed by atoms with van der Waals surface area (Å²) in [6.07, 6.45) is 3.03. The number of hydrogen-bond donors (Lipinski definition) is 0. The van der Waals surface area contributed by atoms with Crippen LogP contribution in [0.2, 0.25) is 0 Å². The summed E-state index contributed by atoms with van der Waals surface area (Å²) in [6, 6.07) is 8.16. The Morgan fingerprint density at radius 1 is 1.13 bits per heavy atom. The first-order chi connectivity index (χ1) is 10.3. The van der Waals surface area contributed by atoms with Crippen LogP contribution in [0, 0.1) is 6.92 Å². The van der Waals surface area contributed by atoms with Gasteiger partial charge in [0.05, 0.1) is 4.90 Å². The van der Waals surface area contributed by atoms with E-state index in [0.29, 0.717) is 9.86 Å². The first-order valence-corrected chi connectivity index (χ1v) is 8.74. The fourth-order valence-electron chi connectivity index (χ4n) is 2.31. The molecule has 0 atom stereocenters. The number of benzene rings is 1. The molecule has 5 nitrogen and oxygen atoms in total.